The van der Waals surface area contributed by atoms with Gasteiger partial charge in [-0.1, -0.05) is 13.3 Å². The third-order valence-electron chi connectivity index (χ3n) is 4.78. The molecule has 0 atom stereocenters. The number of benzene rings is 3. The highest BCUT2D eigenvalue weighted by molar-refractivity contribution is 5.91. The Morgan fingerprint density at radius 2 is 1.43 bits per heavy atom. The average molecular weight is 477 g/mol. The van der Waals surface area contributed by atoms with Gasteiger partial charge in [-0.05, 0) is 84.8 Å². The number of hydrazone groups is 1. The minimum Gasteiger partial charge on any atom is -0.497 e. The first-order valence-electron chi connectivity index (χ1n) is 11.2. The predicted octanol–water partition coefficient (Wildman–Crippen LogP) is 4.62. The molecule has 0 saturated heterocycles. The van der Waals surface area contributed by atoms with Gasteiger partial charge in [0, 0.05) is 0 Å². The lowest BCUT2D eigenvalue weighted by molar-refractivity contribution is -0.123. The maximum atomic E-state index is 12.4. The second-order valence-electron chi connectivity index (χ2n) is 7.44. The van der Waals surface area contributed by atoms with Crippen LogP contribution in [0.15, 0.2) is 77.9 Å². The van der Waals surface area contributed by atoms with Gasteiger partial charge in [0.25, 0.3) is 5.91 Å². The number of amides is 1. The summed E-state index contributed by atoms with van der Waals surface area (Å²) in [5.74, 6) is 1.51. The Kier molecular flexibility index (Phi) is 9.68. The number of hydrogen-bond acceptors (Lipinski definition) is 7. The van der Waals surface area contributed by atoms with E-state index in [0.29, 0.717) is 29.4 Å². The van der Waals surface area contributed by atoms with Crippen molar-refractivity contribution in [2.24, 2.45) is 5.10 Å². The summed E-state index contributed by atoms with van der Waals surface area (Å²) in [7, 11) is 1.58. The minimum absolute atomic E-state index is 0.176. The molecule has 0 aromatic heterocycles. The van der Waals surface area contributed by atoms with Gasteiger partial charge in [0.05, 0.1) is 25.5 Å². The molecule has 0 aliphatic heterocycles. The second kappa shape index (κ2) is 13.4. The van der Waals surface area contributed by atoms with Crippen molar-refractivity contribution in [3.05, 3.63) is 83.9 Å². The van der Waals surface area contributed by atoms with Crippen molar-refractivity contribution in [3.63, 3.8) is 0 Å². The van der Waals surface area contributed by atoms with E-state index in [1.165, 1.54) is 6.21 Å². The van der Waals surface area contributed by atoms with Crippen molar-refractivity contribution in [1.29, 1.82) is 0 Å². The highest BCUT2D eigenvalue weighted by Crippen LogP contribution is 2.18. The molecule has 0 radical (unpaired) electrons. The van der Waals surface area contributed by atoms with Crippen molar-refractivity contribution in [2.75, 3.05) is 20.3 Å². The van der Waals surface area contributed by atoms with Crippen LogP contribution in [0.25, 0.3) is 0 Å². The Bertz CT molecular complexity index is 1110. The maximum absolute atomic E-state index is 12.4. The van der Waals surface area contributed by atoms with Crippen LogP contribution in [0.1, 0.15) is 35.7 Å². The van der Waals surface area contributed by atoms with Crippen LogP contribution in [0.5, 0.6) is 23.0 Å². The summed E-state index contributed by atoms with van der Waals surface area (Å²) in [6, 6.07) is 20.5. The van der Waals surface area contributed by atoms with Crippen LogP contribution in [0.4, 0.5) is 0 Å². The third kappa shape index (κ3) is 8.51. The number of methoxy groups -OCH3 is 1. The molecule has 8 nitrogen and oxygen atoms in total. The fourth-order valence-electron chi connectivity index (χ4n) is 2.84. The molecular weight excluding hydrogens is 448 g/mol. The van der Waals surface area contributed by atoms with Crippen molar-refractivity contribution in [3.8, 4) is 23.0 Å². The zero-order valence-electron chi connectivity index (χ0n) is 19.7. The van der Waals surface area contributed by atoms with E-state index in [9.17, 15) is 9.59 Å². The molecule has 0 heterocycles. The van der Waals surface area contributed by atoms with Gasteiger partial charge in [0.2, 0.25) is 0 Å². The third-order valence-corrected chi connectivity index (χ3v) is 4.78. The molecule has 3 aromatic carbocycles. The summed E-state index contributed by atoms with van der Waals surface area (Å²) >= 11 is 0. The smallest absolute Gasteiger partial charge is 0.343 e. The highest BCUT2D eigenvalue weighted by atomic mass is 16.5. The van der Waals surface area contributed by atoms with Crippen LogP contribution < -0.4 is 24.4 Å². The summed E-state index contributed by atoms with van der Waals surface area (Å²) in [6.07, 6.45) is 3.52. The van der Waals surface area contributed by atoms with Crippen molar-refractivity contribution < 1.29 is 28.5 Å². The van der Waals surface area contributed by atoms with E-state index in [0.717, 1.165) is 24.2 Å². The van der Waals surface area contributed by atoms with E-state index in [1.54, 1.807) is 79.9 Å². The van der Waals surface area contributed by atoms with Gasteiger partial charge in [-0.3, -0.25) is 4.79 Å². The Morgan fingerprint density at radius 1 is 0.829 bits per heavy atom. The SMILES string of the molecule is CCCCOc1ccc(C(=O)Oc2ccc(C=NNC(=O)COc3ccc(OC)cc3)cc2)cc1. The van der Waals surface area contributed by atoms with Crippen LogP contribution in [-0.4, -0.2) is 38.4 Å². The number of esters is 1. The summed E-state index contributed by atoms with van der Waals surface area (Å²) in [6.45, 7) is 2.57. The summed E-state index contributed by atoms with van der Waals surface area (Å²) in [5, 5.41) is 3.91. The fraction of sp³-hybridized carbons (Fsp3) is 0.222. The Balaban J connectivity index is 1.42. The van der Waals surface area contributed by atoms with Gasteiger partial charge >= 0.3 is 5.97 Å². The van der Waals surface area contributed by atoms with E-state index < -0.39 is 11.9 Å². The zero-order chi connectivity index (χ0) is 24.9. The molecular formula is C27H28N2O6. The van der Waals surface area contributed by atoms with Crippen LogP contribution in [0, 0.1) is 0 Å². The molecule has 0 saturated carbocycles. The number of ether oxygens (including phenoxy) is 4. The highest BCUT2D eigenvalue weighted by Gasteiger charge is 2.09. The number of hydrogen-bond donors (Lipinski definition) is 1. The number of carbonyl (C=O) groups is 2. The number of nitrogens with zero attached hydrogens (tertiary/aromatic N) is 1. The molecule has 3 rings (SSSR count). The molecule has 3 aromatic rings. The molecule has 0 unspecified atom stereocenters. The van der Waals surface area contributed by atoms with Crippen molar-refractivity contribution >= 4 is 18.1 Å². The zero-order valence-corrected chi connectivity index (χ0v) is 19.7. The number of carbonyl (C=O) groups excluding carboxylic acids is 2. The van der Waals surface area contributed by atoms with Gasteiger partial charge in [0.15, 0.2) is 6.61 Å². The number of rotatable bonds is 12. The van der Waals surface area contributed by atoms with E-state index in [4.69, 9.17) is 18.9 Å². The molecule has 8 heteroatoms. The first kappa shape index (κ1) is 25.3. The van der Waals surface area contributed by atoms with Crippen molar-refractivity contribution in [2.45, 2.75) is 19.8 Å². The van der Waals surface area contributed by atoms with Gasteiger partial charge in [-0.15, -0.1) is 0 Å². The largest absolute Gasteiger partial charge is 0.497 e. The van der Waals surface area contributed by atoms with Gasteiger partial charge in [-0.25, -0.2) is 10.2 Å². The van der Waals surface area contributed by atoms with Crippen LogP contribution in [0.2, 0.25) is 0 Å². The summed E-state index contributed by atoms with van der Waals surface area (Å²) in [5.41, 5.74) is 3.54. The monoisotopic (exact) mass is 476 g/mol. The normalized spacial score (nSPS) is 10.6. The van der Waals surface area contributed by atoms with Crippen molar-refractivity contribution in [1.82, 2.24) is 5.43 Å². The summed E-state index contributed by atoms with van der Waals surface area (Å²) in [4.78, 5) is 24.2. The molecule has 0 aliphatic rings. The van der Waals surface area contributed by atoms with Gasteiger partial charge in [0.1, 0.15) is 23.0 Å². The first-order valence-corrected chi connectivity index (χ1v) is 11.2. The second-order valence-corrected chi connectivity index (χ2v) is 7.44. The molecule has 0 aliphatic carbocycles. The quantitative estimate of drug-likeness (QED) is 0.135. The Hall–Kier alpha value is -4.33. The maximum Gasteiger partial charge on any atom is 0.343 e. The van der Waals surface area contributed by atoms with E-state index in [-0.39, 0.29) is 6.61 Å². The Labute approximate surface area is 204 Å². The van der Waals surface area contributed by atoms with Gasteiger partial charge in [-0.2, -0.15) is 5.10 Å². The summed E-state index contributed by atoms with van der Waals surface area (Å²) < 4.78 is 21.5. The lowest BCUT2D eigenvalue weighted by Crippen LogP contribution is -2.24. The molecule has 0 spiro atoms. The van der Waals surface area contributed by atoms with Crippen LogP contribution in [-0.2, 0) is 4.79 Å². The minimum atomic E-state index is -0.462. The van der Waals surface area contributed by atoms with Crippen LogP contribution in [0.3, 0.4) is 0 Å². The molecule has 1 N–H and O–H groups in total. The first-order chi connectivity index (χ1) is 17.1. The van der Waals surface area contributed by atoms with E-state index >= 15 is 0 Å². The predicted molar refractivity (Wildman–Crippen MR) is 132 cm³/mol. The molecule has 1 amide bonds. The Morgan fingerprint density at radius 3 is 2.09 bits per heavy atom. The lowest BCUT2D eigenvalue weighted by Gasteiger charge is -2.07. The fourth-order valence-corrected chi connectivity index (χ4v) is 2.84. The topological polar surface area (TPSA) is 95.5 Å². The standard InChI is InChI=1S/C27H28N2O6/c1-3-4-17-33-23-11-7-21(8-12-23)27(31)35-25-9-5-20(6-10-25)18-28-29-26(30)19-34-24-15-13-22(32-2)14-16-24/h5-16,18H,3-4,17,19H2,1-2H3,(H,29,30). The van der Waals surface area contributed by atoms with E-state index in [2.05, 4.69) is 17.5 Å². The molecule has 0 fully saturated rings. The number of nitrogens with one attached hydrogen (secondary N) is 1. The van der Waals surface area contributed by atoms with Gasteiger partial charge < -0.3 is 18.9 Å². The lowest BCUT2D eigenvalue weighted by atomic mass is 10.2. The molecule has 182 valence electrons. The average Bonchev–Trinajstić information content (AvgIpc) is 2.89. The molecule has 0 bridgehead atoms. The molecule has 35 heavy (non-hydrogen) atoms. The van der Waals surface area contributed by atoms with Crippen LogP contribution >= 0.6 is 0 Å². The number of unbranched alkanes of at least 4 members (excludes halogenated alkanes) is 1. The van der Waals surface area contributed by atoms with E-state index in [1.807, 2.05) is 0 Å².